The molecule has 3 nitrogen and oxygen atoms in total. The average Bonchev–Trinajstić information content (AvgIpc) is 2.54. The Kier molecular flexibility index (Phi) is 3.64. The smallest absolute Gasteiger partial charge is 0.0521 e. The highest BCUT2D eigenvalue weighted by Crippen LogP contribution is 2.23. The van der Waals surface area contributed by atoms with E-state index in [4.69, 9.17) is 0 Å². The second-order valence-corrected chi connectivity index (χ2v) is 5.32. The van der Waals surface area contributed by atoms with Crippen molar-refractivity contribution in [1.29, 1.82) is 0 Å². The van der Waals surface area contributed by atoms with Crippen molar-refractivity contribution in [1.82, 2.24) is 15.1 Å². The molecule has 16 heavy (non-hydrogen) atoms. The number of aryl methyl sites for hydroxylation is 2. The number of rotatable bonds is 3. The fraction of sp³-hybridized carbons (Fsp3) is 0.769. The molecule has 2 heterocycles. The van der Waals surface area contributed by atoms with Gasteiger partial charge in [-0.15, -0.1) is 0 Å². The second-order valence-electron chi connectivity index (χ2n) is 5.32. The van der Waals surface area contributed by atoms with Crippen molar-refractivity contribution in [3.63, 3.8) is 0 Å². The van der Waals surface area contributed by atoms with Crippen LogP contribution in [0.5, 0.6) is 0 Å². The summed E-state index contributed by atoms with van der Waals surface area (Å²) >= 11 is 0. The highest BCUT2D eigenvalue weighted by Gasteiger charge is 2.24. The molecule has 0 spiro atoms. The maximum Gasteiger partial charge on any atom is 0.0521 e. The minimum Gasteiger partial charge on any atom is -0.312 e. The molecular weight excluding hydrogens is 198 g/mol. The molecule has 1 atom stereocenters. The highest BCUT2D eigenvalue weighted by molar-refractivity contribution is 5.05. The van der Waals surface area contributed by atoms with E-state index >= 15 is 0 Å². The molecule has 0 bridgehead atoms. The Balaban J connectivity index is 1.87. The van der Waals surface area contributed by atoms with Crippen LogP contribution in [-0.4, -0.2) is 21.9 Å². The van der Waals surface area contributed by atoms with E-state index in [1.54, 1.807) is 0 Å². The first-order valence-corrected chi connectivity index (χ1v) is 6.41. The van der Waals surface area contributed by atoms with Gasteiger partial charge in [-0.3, -0.25) is 4.68 Å². The lowest BCUT2D eigenvalue weighted by Crippen LogP contribution is -2.41. The van der Waals surface area contributed by atoms with Gasteiger partial charge in [0, 0.05) is 18.8 Å². The third-order valence-corrected chi connectivity index (χ3v) is 3.68. The van der Waals surface area contributed by atoms with Crippen molar-refractivity contribution in [3.8, 4) is 0 Å². The number of nitrogens with zero attached hydrogens (tertiary/aromatic N) is 2. The molecule has 1 aromatic rings. The van der Waals surface area contributed by atoms with Gasteiger partial charge in [-0.2, -0.15) is 5.10 Å². The molecule has 1 aliphatic heterocycles. The van der Waals surface area contributed by atoms with Crippen molar-refractivity contribution in [2.45, 2.75) is 51.0 Å². The molecule has 0 amide bonds. The summed E-state index contributed by atoms with van der Waals surface area (Å²) in [6, 6.07) is 0. The van der Waals surface area contributed by atoms with Crippen LogP contribution in [0.3, 0.4) is 0 Å². The van der Waals surface area contributed by atoms with Crippen LogP contribution < -0.4 is 5.32 Å². The van der Waals surface area contributed by atoms with Crippen LogP contribution >= 0.6 is 0 Å². The van der Waals surface area contributed by atoms with Gasteiger partial charge in [0.05, 0.1) is 6.20 Å². The van der Waals surface area contributed by atoms with Gasteiger partial charge in [-0.1, -0.05) is 12.8 Å². The molecule has 1 saturated heterocycles. The van der Waals surface area contributed by atoms with Gasteiger partial charge in [-0.05, 0) is 44.7 Å². The Bertz CT molecular complexity index is 322. The van der Waals surface area contributed by atoms with Gasteiger partial charge in [0.25, 0.3) is 0 Å². The lowest BCUT2D eigenvalue weighted by atomic mass is 9.89. The number of nitrogens with one attached hydrogen (secondary N) is 1. The normalized spacial score (nSPS) is 26.6. The van der Waals surface area contributed by atoms with Crippen LogP contribution in [0, 0.1) is 0 Å². The molecule has 0 aromatic carbocycles. The zero-order valence-electron chi connectivity index (χ0n) is 10.5. The Morgan fingerprint density at radius 1 is 1.44 bits per heavy atom. The maximum atomic E-state index is 4.22. The van der Waals surface area contributed by atoms with E-state index in [0.29, 0.717) is 5.54 Å². The van der Waals surface area contributed by atoms with Crippen LogP contribution in [0.25, 0.3) is 0 Å². The van der Waals surface area contributed by atoms with E-state index in [2.05, 4.69) is 23.5 Å². The minimum absolute atomic E-state index is 0.340. The van der Waals surface area contributed by atoms with E-state index in [9.17, 15) is 0 Å². The first-order valence-electron chi connectivity index (χ1n) is 6.41. The van der Waals surface area contributed by atoms with Gasteiger partial charge in [0.1, 0.15) is 0 Å². The predicted molar refractivity (Wildman–Crippen MR) is 66.4 cm³/mol. The topological polar surface area (TPSA) is 29.9 Å². The standard InChI is InChI=1S/C13H23N3/c1-13(7-4-3-5-9-14-13)8-6-12-10-15-16(2)11-12/h10-11,14H,3-9H2,1-2H3. The van der Waals surface area contributed by atoms with E-state index in [1.165, 1.54) is 44.2 Å². The molecule has 2 rings (SSSR count). The molecule has 0 radical (unpaired) electrons. The number of hydrogen-bond acceptors (Lipinski definition) is 2. The Morgan fingerprint density at radius 3 is 3.06 bits per heavy atom. The van der Waals surface area contributed by atoms with Crippen LogP contribution in [0.15, 0.2) is 12.4 Å². The SMILES string of the molecule is Cn1cc(CCC2(C)CCCCCN2)cn1. The van der Waals surface area contributed by atoms with Crippen molar-refractivity contribution >= 4 is 0 Å². The molecule has 3 heteroatoms. The van der Waals surface area contributed by atoms with Gasteiger partial charge < -0.3 is 5.32 Å². The molecule has 0 aliphatic carbocycles. The summed E-state index contributed by atoms with van der Waals surface area (Å²) in [5.74, 6) is 0. The largest absolute Gasteiger partial charge is 0.312 e. The Morgan fingerprint density at radius 2 is 2.31 bits per heavy atom. The third-order valence-electron chi connectivity index (χ3n) is 3.68. The number of hydrogen-bond donors (Lipinski definition) is 1. The van der Waals surface area contributed by atoms with Crippen molar-refractivity contribution in [3.05, 3.63) is 18.0 Å². The van der Waals surface area contributed by atoms with E-state index < -0.39 is 0 Å². The minimum atomic E-state index is 0.340. The average molecular weight is 221 g/mol. The first-order chi connectivity index (χ1) is 7.68. The summed E-state index contributed by atoms with van der Waals surface area (Å²) < 4.78 is 1.89. The van der Waals surface area contributed by atoms with E-state index in [0.717, 1.165) is 6.42 Å². The zero-order chi connectivity index (χ0) is 11.4. The van der Waals surface area contributed by atoms with Crippen molar-refractivity contribution in [2.75, 3.05) is 6.54 Å². The van der Waals surface area contributed by atoms with Gasteiger partial charge in [0.15, 0.2) is 0 Å². The molecule has 1 aliphatic rings. The van der Waals surface area contributed by atoms with E-state index in [-0.39, 0.29) is 0 Å². The summed E-state index contributed by atoms with van der Waals surface area (Å²) in [5.41, 5.74) is 1.70. The number of aromatic nitrogens is 2. The monoisotopic (exact) mass is 221 g/mol. The van der Waals surface area contributed by atoms with Crippen LogP contribution in [0.1, 0.15) is 44.6 Å². The third kappa shape index (κ3) is 3.08. The first kappa shape index (κ1) is 11.6. The summed E-state index contributed by atoms with van der Waals surface area (Å²) in [6.07, 6.45) is 11.9. The van der Waals surface area contributed by atoms with Crippen LogP contribution in [0.4, 0.5) is 0 Å². The molecule has 1 fully saturated rings. The van der Waals surface area contributed by atoms with Gasteiger partial charge in [-0.25, -0.2) is 0 Å². The Labute approximate surface area is 98.2 Å². The quantitative estimate of drug-likeness (QED) is 0.848. The second kappa shape index (κ2) is 5.00. The lowest BCUT2D eigenvalue weighted by molar-refractivity contribution is 0.324. The van der Waals surface area contributed by atoms with Gasteiger partial charge in [0.2, 0.25) is 0 Å². The molecule has 1 unspecified atom stereocenters. The maximum absolute atomic E-state index is 4.22. The van der Waals surface area contributed by atoms with E-state index in [1.807, 2.05) is 17.9 Å². The molecule has 90 valence electrons. The molecule has 0 saturated carbocycles. The van der Waals surface area contributed by atoms with Gasteiger partial charge >= 0.3 is 0 Å². The summed E-state index contributed by atoms with van der Waals surface area (Å²) in [4.78, 5) is 0. The summed E-state index contributed by atoms with van der Waals surface area (Å²) in [7, 11) is 1.98. The molecule has 1 aromatic heterocycles. The predicted octanol–water partition coefficient (Wildman–Crippen LogP) is 2.28. The summed E-state index contributed by atoms with van der Waals surface area (Å²) in [6.45, 7) is 3.55. The van der Waals surface area contributed by atoms with Crippen LogP contribution in [0.2, 0.25) is 0 Å². The summed E-state index contributed by atoms with van der Waals surface area (Å²) in [5, 5.41) is 7.93. The molecular formula is C13H23N3. The fourth-order valence-corrected chi connectivity index (χ4v) is 2.53. The molecule has 1 N–H and O–H groups in total. The van der Waals surface area contributed by atoms with Crippen LogP contribution in [-0.2, 0) is 13.5 Å². The Hall–Kier alpha value is -0.830. The van der Waals surface area contributed by atoms with Crippen molar-refractivity contribution < 1.29 is 0 Å². The fourth-order valence-electron chi connectivity index (χ4n) is 2.53. The lowest BCUT2D eigenvalue weighted by Gasteiger charge is -2.29. The highest BCUT2D eigenvalue weighted by atomic mass is 15.2. The zero-order valence-corrected chi connectivity index (χ0v) is 10.5. The van der Waals surface area contributed by atoms with Crippen molar-refractivity contribution in [2.24, 2.45) is 7.05 Å².